The van der Waals surface area contributed by atoms with Crippen molar-refractivity contribution in [2.45, 2.75) is 32.9 Å². The number of nitrogens with one attached hydrogen (secondary N) is 1. The number of nitrogens with two attached hydrogens (primary N) is 1. The molecule has 1 aliphatic rings. The Kier molecular flexibility index (Phi) is 6.90. The van der Waals surface area contributed by atoms with Crippen LogP contribution in [0.4, 0.5) is 16.2 Å². The van der Waals surface area contributed by atoms with Crippen LogP contribution < -0.4 is 16.0 Å². The number of piperazine rings is 1. The van der Waals surface area contributed by atoms with Crippen LogP contribution in [0.2, 0.25) is 5.02 Å². The van der Waals surface area contributed by atoms with E-state index in [1.54, 1.807) is 11.1 Å². The lowest BCUT2D eigenvalue weighted by atomic mass is 10.2. The molecule has 0 atom stereocenters. The molecule has 166 valence electrons. The summed E-state index contributed by atoms with van der Waals surface area (Å²) in [6, 6.07) is 9.31. The second-order valence-corrected chi connectivity index (χ2v) is 8.82. The average molecular weight is 446 g/mol. The third kappa shape index (κ3) is 6.24. The monoisotopic (exact) mass is 445 g/mol. The van der Waals surface area contributed by atoms with Crippen LogP contribution in [-0.2, 0) is 11.3 Å². The van der Waals surface area contributed by atoms with Crippen LogP contribution in [0.5, 0.6) is 0 Å². The Morgan fingerprint density at radius 3 is 2.39 bits per heavy atom. The van der Waals surface area contributed by atoms with Gasteiger partial charge in [-0.1, -0.05) is 23.7 Å². The van der Waals surface area contributed by atoms with Crippen LogP contribution in [0.25, 0.3) is 0 Å². The number of amides is 2. The van der Waals surface area contributed by atoms with Gasteiger partial charge in [-0.2, -0.15) is 0 Å². The van der Waals surface area contributed by atoms with Gasteiger partial charge >= 0.3 is 6.09 Å². The molecule has 3 rings (SSSR count). The number of benzene rings is 1. The van der Waals surface area contributed by atoms with Crippen LogP contribution in [0.15, 0.2) is 36.5 Å². The zero-order valence-electron chi connectivity index (χ0n) is 18.0. The van der Waals surface area contributed by atoms with Crippen molar-refractivity contribution in [1.29, 1.82) is 0 Å². The highest BCUT2D eigenvalue weighted by molar-refractivity contribution is 6.30. The van der Waals surface area contributed by atoms with Crippen molar-refractivity contribution >= 4 is 35.0 Å². The number of aromatic nitrogens is 1. The molecule has 0 aliphatic carbocycles. The number of hydrogen-bond donors (Lipinski definition) is 2. The van der Waals surface area contributed by atoms with E-state index in [-0.39, 0.29) is 11.8 Å². The minimum Gasteiger partial charge on any atom is -0.444 e. The summed E-state index contributed by atoms with van der Waals surface area (Å²) in [7, 11) is 0. The number of anilines is 2. The lowest BCUT2D eigenvalue weighted by molar-refractivity contribution is 0.0240. The Bertz CT molecular complexity index is 935. The molecule has 1 aromatic heterocycles. The molecule has 0 radical (unpaired) electrons. The summed E-state index contributed by atoms with van der Waals surface area (Å²) in [6.45, 7) is 8.40. The van der Waals surface area contributed by atoms with Crippen LogP contribution >= 0.6 is 11.6 Å². The maximum Gasteiger partial charge on any atom is 0.410 e. The van der Waals surface area contributed by atoms with Gasteiger partial charge in [0, 0.05) is 37.7 Å². The number of nitrogens with zero attached hydrogens (tertiary/aromatic N) is 3. The van der Waals surface area contributed by atoms with E-state index < -0.39 is 11.5 Å². The number of halogens is 1. The SMILES string of the molecule is CC(C)(C)OC(=O)N1CCN(c2cnc(C(N)=O)c(NCc3ccc(Cl)cc3)c2)CC1. The van der Waals surface area contributed by atoms with E-state index in [1.807, 2.05) is 51.1 Å². The highest BCUT2D eigenvalue weighted by Crippen LogP contribution is 2.24. The van der Waals surface area contributed by atoms with Crippen molar-refractivity contribution in [2.75, 3.05) is 36.4 Å². The van der Waals surface area contributed by atoms with Crippen molar-refractivity contribution in [2.24, 2.45) is 5.73 Å². The Morgan fingerprint density at radius 1 is 1.16 bits per heavy atom. The number of carbonyl (C=O) groups is 2. The van der Waals surface area contributed by atoms with Gasteiger partial charge in [-0.25, -0.2) is 9.78 Å². The highest BCUT2D eigenvalue weighted by Gasteiger charge is 2.26. The van der Waals surface area contributed by atoms with Crippen molar-refractivity contribution in [3.63, 3.8) is 0 Å². The first-order chi connectivity index (χ1) is 14.6. The van der Waals surface area contributed by atoms with Crippen molar-refractivity contribution in [1.82, 2.24) is 9.88 Å². The molecule has 0 spiro atoms. The van der Waals surface area contributed by atoms with Crippen LogP contribution in [-0.4, -0.2) is 53.7 Å². The topological polar surface area (TPSA) is 101 Å². The number of primary amides is 1. The van der Waals surface area contributed by atoms with E-state index in [4.69, 9.17) is 22.1 Å². The summed E-state index contributed by atoms with van der Waals surface area (Å²) >= 11 is 5.93. The Labute approximate surface area is 187 Å². The van der Waals surface area contributed by atoms with Gasteiger partial charge in [0.25, 0.3) is 5.91 Å². The van der Waals surface area contributed by atoms with E-state index in [0.717, 1.165) is 11.3 Å². The fourth-order valence-electron chi connectivity index (χ4n) is 3.23. The molecular formula is C22H28ClN5O3. The van der Waals surface area contributed by atoms with Crippen molar-refractivity contribution in [3.05, 3.63) is 52.8 Å². The maximum absolute atomic E-state index is 12.3. The molecular weight excluding hydrogens is 418 g/mol. The van der Waals surface area contributed by atoms with Gasteiger partial charge in [0.1, 0.15) is 5.60 Å². The smallest absolute Gasteiger partial charge is 0.410 e. The van der Waals surface area contributed by atoms with Crippen molar-refractivity contribution in [3.8, 4) is 0 Å². The molecule has 31 heavy (non-hydrogen) atoms. The summed E-state index contributed by atoms with van der Waals surface area (Å²) in [4.78, 5) is 32.2. The average Bonchev–Trinajstić information content (AvgIpc) is 2.72. The summed E-state index contributed by atoms with van der Waals surface area (Å²) < 4.78 is 5.45. The highest BCUT2D eigenvalue weighted by atomic mass is 35.5. The molecule has 1 saturated heterocycles. The van der Waals surface area contributed by atoms with E-state index in [0.29, 0.717) is 43.4 Å². The van der Waals surface area contributed by atoms with Gasteiger partial charge in [0.15, 0.2) is 5.69 Å². The Hall–Kier alpha value is -3.00. The first kappa shape index (κ1) is 22.7. The van der Waals surface area contributed by atoms with Crippen molar-refractivity contribution < 1.29 is 14.3 Å². The molecule has 0 saturated carbocycles. The van der Waals surface area contributed by atoms with E-state index in [1.165, 1.54) is 0 Å². The molecule has 1 fully saturated rings. The minimum atomic E-state index is -0.597. The van der Waals surface area contributed by atoms with Gasteiger partial charge in [0.2, 0.25) is 0 Å². The van der Waals surface area contributed by atoms with Gasteiger partial charge in [-0.3, -0.25) is 4.79 Å². The number of rotatable bonds is 5. The molecule has 2 amide bonds. The zero-order valence-corrected chi connectivity index (χ0v) is 18.8. The normalized spacial score (nSPS) is 14.3. The molecule has 2 heterocycles. The quantitative estimate of drug-likeness (QED) is 0.730. The van der Waals surface area contributed by atoms with Gasteiger partial charge in [-0.05, 0) is 44.5 Å². The zero-order chi connectivity index (χ0) is 22.6. The second kappa shape index (κ2) is 9.43. The summed E-state index contributed by atoms with van der Waals surface area (Å²) in [5, 5.41) is 3.91. The number of carbonyl (C=O) groups excluding carboxylic acids is 2. The number of ether oxygens (including phenoxy) is 1. The molecule has 1 aromatic carbocycles. The Balaban J connectivity index is 1.68. The number of hydrogen-bond acceptors (Lipinski definition) is 6. The van der Waals surface area contributed by atoms with Crippen LogP contribution in [0.1, 0.15) is 36.8 Å². The molecule has 3 N–H and O–H groups in total. The van der Waals surface area contributed by atoms with Gasteiger partial charge in [0.05, 0.1) is 17.6 Å². The first-order valence-electron chi connectivity index (χ1n) is 10.1. The minimum absolute atomic E-state index is 0.185. The lowest BCUT2D eigenvalue weighted by Gasteiger charge is -2.36. The summed E-state index contributed by atoms with van der Waals surface area (Å²) in [6.07, 6.45) is 1.33. The maximum atomic E-state index is 12.3. The molecule has 8 nitrogen and oxygen atoms in total. The Morgan fingerprint density at radius 2 is 1.81 bits per heavy atom. The molecule has 0 unspecified atom stereocenters. The summed E-state index contributed by atoms with van der Waals surface area (Å²) in [5.74, 6) is -0.597. The second-order valence-electron chi connectivity index (χ2n) is 8.39. The van der Waals surface area contributed by atoms with E-state index in [9.17, 15) is 9.59 Å². The van der Waals surface area contributed by atoms with Gasteiger partial charge < -0.3 is 25.6 Å². The van der Waals surface area contributed by atoms with Gasteiger partial charge in [-0.15, -0.1) is 0 Å². The molecule has 2 aromatic rings. The van der Waals surface area contributed by atoms with E-state index in [2.05, 4.69) is 15.2 Å². The first-order valence-corrected chi connectivity index (χ1v) is 10.5. The largest absolute Gasteiger partial charge is 0.444 e. The van der Waals surface area contributed by atoms with Crippen LogP contribution in [0, 0.1) is 0 Å². The standard InChI is InChI=1S/C22H28ClN5O3/c1-22(2,3)31-21(30)28-10-8-27(9-11-28)17-12-18(19(20(24)29)26-14-17)25-13-15-4-6-16(23)7-5-15/h4-7,12,14,25H,8-11,13H2,1-3H3,(H2,24,29). The number of pyridine rings is 1. The lowest BCUT2D eigenvalue weighted by Crippen LogP contribution is -2.50. The third-order valence-electron chi connectivity index (χ3n) is 4.80. The molecule has 9 heteroatoms. The predicted octanol–water partition coefficient (Wildman–Crippen LogP) is 3.50. The third-order valence-corrected chi connectivity index (χ3v) is 5.05. The van der Waals surface area contributed by atoms with E-state index >= 15 is 0 Å². The predicted molar refractivity (Wildman–Crippen MR) is 122 cm³/mol. The fourth-order valence-corrected chi connectivity index (χ4v) is 3.36. The van der Waals surface area contributed by atoms with Crippen LogP contribution in [0.3, 0.4) is 0 Å². The molecule has 1 aliphatic heterocycles. The summed E-state index contributed by atoms with van der Waals surface area (Å²) in [5.41, 5.74) is 7.60. The fraction of sp³-hybridized carbons (Fsp3) is 0.409. The molecule has 0 bridgehead atoms.